The van der Waals surface area contributed by atoms with Crippen molar-refractivity contribution in [3.8, 4) is 0 Å². The van der Waals surface area contributed by atoms with Gasteiger partial charge < -0.3 is 10.6 Å². The summed E-state index contributed by atoms with van der Waals surface area (Å²) in [6.07, 6.45) is 5.68. The number of hydrogen-bond donors (Lipinski definition) is 1. The van der Waals surface area contributed by atoms with Gasteiger partial charge in [0.05, 0.1) is 12.0 Å². The molecule has 1 fully saturated rings. The Hall–Kier alpha value is -1.13. The summed E-state index contributed by atoms with van der Waals surface area (Å²) in [6, 6.07) is 4.03. The van der Waals surface area contributed by atoms with Gasteiger partial charge in [-0.2, -0.15) is 0 Å². The molecule has 2 rings (SSSR count). The van der Waals surface area contributed by atoms with Crippen molar-refractivity contribution in [2.24, 2.45) is 11.7 Å². The highest BCUT2D eigenvalue weighted by atomic mass is 35.5. The largest absolute Gasteiger partial charge is 0.335 e. The average Bonchev–Trinajstić information content (AvgIpc) is 2.87. The predicted molar refractivity (Wildman–Crippen MR) is 78.0 cm³/mol. The second kappa shape index (κ2) is 6.87. The van der Waals surface area contributed by atoms with Crippen molar-refractivity contribution in [1.29, 1.82) is 0 Å². The van der Waals surface area contributed by atoms with E-state index in [0.29, 0.717) is 0 Å². The van der Waals surface area contributed by atoms with Crippen LogP contribution in [0.3, 0.4) is 0 Å². The second-order valence-electron chi connectivity index (χ2n) is 5.12. The van der Waals surface area contributed by atoms with Crippen LogP contribution < -0.4 is 5.73 Å². The van der Waals surface area contributed by atoms with Crippen molar-refractivity contribution < 1.29 is 4.79 Å². The molecule has 2 N–H and O–H groups in total. The molecule has 1 aliphatic rings. The molecule has 4 nitrogen and oxygen atoms in total. The van der Waals surface area contributed by atoms with Crippen LogP contribution in [0.15, 0.2) is 24.5 Å². The third kappa shape index (κ3) is 3.45. The Morgan fingerprint density at radius 3 is 2.84 bits per heavy atom. The maximum absolute atomic E-state index is 12.4. The van der Waals surface area contributed by atoms with E-state index in [1.165, 1.54) is 0 Å². The molecule has 0 aliphatic carbocycles. The van der Waals surface area contributed by atoms with Crippen LogP contribution in [0.25, 0.3) is 0 Å². The number of carbonyl (C=O) groups excluding carboxylic acids is 1. The Morgan fingerprint density at radius 2 is 2.26 bits per heavy atom. The number of nitrogens with two attached hydrogens (primary N) is 1. The van der Waals surface area contributed by atoms with E-state index in [0.717, 1.165) is 24.9 Å². The number of aromatic nitrogens is 1. The van der Waals surface area contributed by atoms with E-state index in [-0.39, 0.29) is 36.3 Å². The topological polar surface area (TPSA) is 59.2 Å². The van der Waals surface area contributed by atoms with Crippen molar-refractivity contribution in [3.05, 3.63) is 30.1 Å². The number of likely N-dealkylation sites (tertiary alicyclic amines) is 1. The van der Waals surface area contributed by atoms with Crippen molar-refractivity contribution in [2.45, 2.75) is 38.8 Å². The smallest absolute Gasteiger partial charge is 0.227 e. The van der Waals surface area contributed by atoms with Gasteiger partial charge in [-0.3, -0.25) is 9.78 Å². The molecule has 0 bridgehead atoms. The van der Waals surface area contributed by atoms with Gasteiger partial charge in [0.15, 0.2) is 0 Å². The Labute approximate surface area is 120 Å². The summed E-state index contributed by atoms with van der Waals surface area (Å²) in [5.74, 6) is 0.0404. The summed E-state index contributed by atoms with van der Waals surface area (Å²) < 4.78 is 0. The van der Waals surface area contributed by atoms with Gasteiger partial charge in [-0.05, 0) is 31.4 Å². The minimum absolute atomic E-state index is 0. The number of nitrogens with zero attached hydrogens (tertiary/aromatic N) is 2. The van der Waals surface area contributed by atoms with Crippen molar-refractivity contribution in [3.63, 3.8) is 0 Å². The average molecular weight is 284 g/mol. The summed E-state index contributed by atoms with van der Waals surface area (Å²) in [5.41, 5.74) is 6.95. The lowest BCUT2D eigenvalue weighted by atomic mass is 10.0. The SMILES string of the molecule is CC(N)C(C)C(=O)N1CCCC1c1cccnc1.Cl. The van der Waals surface area contributed by atoms with Gasteiger partial charge in [-0.15, -0.1) is 12.4 Å². The number of rotatable bonds is 3. The zero-order valence-corrected chi connectivity index (χ0v) is 12.3. The van der Waals surface area contributed by atoms with E-state index in [4.69, 9.17) is 5.73 Å². The number of pyridine rings is 1. The van der Waals surface area contributed by atoms with Crippen LogP contribution in [-0.2, 0) is 4.79 Å². The predicted octanol–water partition coefficient (Wildman–Crippen LogP) is 2.15. The third-order valence-corrected chi connectivity index (χ3v) is 3.78. The molecule has 0 saturated carbocycles. The van der Waals surface area contributed by atoms with Crippen LogP contribution >= 0.6 is 12.4 Å². The van der Waals surface area contributed by atoms with Gasteiger partial charge in [-0.1, -0.05) is 13.0 Å². The van der Waals surface area contributed by atoms with Crippen molar-refractivity contribution in [2.75, 3.05) is 6.54 Å². The van der Waals surface area contributed by atoms with E-state index < -0.39 is 0 Å². The minimum Gasteiger partial charge on any atom is -0.335 e. The first-order valence-electron chi connectivity index (χ1n) is 6.57. The fourth-order valence-corrected chi connectivity index (χ4v) is 2.44. The number of carbonyl (C=O) groups is 1. The van der Waals surface area contributed by atoms with Crippen LogP contribution in [0.1, 0.15) is 38.3 Å². The van der Waals surface area contributed by atoms with Gasteiger partial charge in [0.2, 0.25) is 5.91 Å². The van der Waals surface area contributed by atoms with E-state index in [1.807, 2.05) is 37.1 Å². The lowest BCUT2D eigenvalue weighted by Crippen LogP contribution is -2.41. The fraction of sp³-hybridized carbons (Fsp3) is 0.571. The summed E-state index contributed by atoms with van der Waals surface area (Å²) >= 11 is 0. The minimum atomic E-state index is -0.123. The van der Waals surface area contributed by atoms with Crippen molar-refractivity contribution in [1.82, 2.24) is 9.88 Å². The normalized spacial score (nSPS) is 21.6. The van der Waals surface area contributed by atoms with Crippen LogP contribution in [-0.4, -0.2) is 28.4 Å². The second-order valence-corrected chi connectivity index (χ2v) is 5.12. The summed E-state index contributed by atoms with van der Waals surface area (Å²) in [6.45, 7) is 4.62. The molecule has 106 valence electrons. The van der Waals surface area contributed by atoms with Crippen LogP contribution in [0.4, 0.5) is 0 Å². The zero-order chi connectivity index (χ0) is 13.1. The summed E-state index contributed by atoms with van der Waals surface area (Å²) in [4.78, 5) is 18.5. The Morgan fingerprint density at radius 1 is 1.53 bits per heavy atom. The molecule has 0 spiro atoms. The van der Waals surface area contributed by atoms with E-state index >= 15 is 0 Å². The molecule has 1 aliphatic heterocycles. The number of hydrogen-bond acceptors (Lipinski definition) is 3. The Bertz CT molecular complexity index is 410. The van der Waals surface area contributed by atoms with Crippen LogP contribution in [0.5, 0.6) is 0 Å². The first kappa shape index (κ1) is 15.9. The van der Waals surface area contributed by atoms with Crippen molar-refractivity contribution >= 4 is 18.3 Å². The van der Waals surface area contributed by atoms with Crippen LogP contribution in [0.2, 0.25) is 0 Å². The molecule has 0 radical (unpaired) electrons. The summed E-state index contributed by atoms with van der Waals surface area (Å²) in [7, 11) is 0. The van der Waals surface area contributed by atoms with E-state index in [9.17, 15) is 4.79 Å². The third-order valence-electron chi connectivity index (χ3n) is 3.78. The Kier molecular flexibility index (Phi) is 5.76. The van der Waals surface area contributed by atoms with Gasteiger partial charge in [0, 0.05) is 25.0 Å². The number of halogens is 1. The Balaban J connectivity index is 0.00000180. The number of amides is 1. The molecule has 1 aromatic rings. The molecule has 1 amide bonds. The van der Waals surface area contributed by atoms with Crippen LogP contribution in [0, 0.1) is 5.92 Å². The first-order chi connectivity index (χ1) is 8.61. The quantitative estimate of drug-likeness (QED) is 0.925. The van der Waals surface area contributed by atoms with Gasteiger partial charge in [0.1, 0.15) is 0 Å². The first-order valence-corrected chi connectivity index (χ1v) is 6.57. The molecule has 1 aromatic heterocycles. The molecular weight excluding hydrogens is 262 g/mol. The molecule has 5 heteroatoms. The standard InChI is InChI=1S/C14H21N3O.ClH/c1-10(11(2)15)14(18)17-8-4-6-13(17)12-5-3-7-16-9-12;/h3,5,7,9-11,13H,4,6,8,15H2,1-2H3;1H. The van der Waals surface area contributed by atoms with E-state index in [2.05, 4.69) is 4.98 Å². The lowest BCUT2D eigenvalue weighted by Gasteiger charge is -2.29. The molecule has 3 atom stereocenters. The molecule has 19 heavy (non-hydrogen) atoms. The molecule has 0 aromatic carbocycles. The maximum Gasteiger partial charge on any atom is 0.227 e. The molecule has 3 unspecified atom stereocenters. The summed E-state index contributed by atoms with van der Waals surface area (Å²) in [5, 5.41) is 0. The monoisotopic (exact) mass is 283 g/mol. The van der Waals surface area contributed by atoms with Gasteiger partial charge >= 0.3 is 0 Å². The highest BCUT2D eigenvalue weighted by Gasteiger charge is 2.33. The van der Waals surface area contributed by atoms with Gasteiger partial charge in [-0.25, -0.2) is 0 Å². The fourth-order valence-electron chi connectivity index (χ4n) is 2.44. The lowest BCUT2D eigenvalue weighted by molar-refractivity contribution is -0.136. The molecule has 2 heterocycles. The molecule has 1 saturated heterocycles. The van der Waals surface area contributed by atoms with E-state index in [1.54, 1.807) is 6.20 Å². The highest BCUT2D eigenvalue weighted by molar-refractivity contribution is 5.85. The maximum atomic E-state index is 12.4. The molecular formula is C14H22ClN3O. The zero-order valence-electron chi connectivity index (χ0n) is 11.5. The van der Waals surface area contributed by atoms with Gasteiger partial charge in [0.25, 0.3) is 0 Å². The highest BCUT2D eigenvalue weighted by Crippen LogP contribution is 2.32.